The summed E-state index contributed by atoms with van der Waals surface area (Å²) in [7, 11) is -3.73. The van der Waals surface area contributed by atoms with Crippen molar-refractivity contribution in [2.24, 2.45) is 0 Å². The first-order chi connectivity index (χ1) is 9.38. The average Bonchev–Trinajstić information content (AvgIpc) is 2.39. The molecule has 0 aliphatic rings. The number of benzene rings is 2. The topological polar surface area (TPSA) is 43.4 Å². The smallest absolute Gasteiger partial charge is 0.258 e. The van der Waals surface area contributed by atoms with Crippen LogP contribution in [0.25, 0.3) is 0 Å². The lowest BCUT2D eigenvalue weighted by Crippen LogP contribution is -2.10. The van der Waals surface area contributed by atoms with Gasteiger partial charge < -0.3 is 0 Å². The van der Waals surface area contributed by atoms with Crippen LogP contribution in [0.2, 0.25) is 0 Å². The highest BCUT2D eigenvalue weighted by Crippen LogP contribution is 2.23. The van der Waals surface area contributed by atoms with Gasteiger partial charge in [-0.2, -0.15) is 8.42 Å². The summed E-state index contributed by atoms with van der Waals surface area (Å²) in [4.78, 5) is 0.182. The molecule has 4 heteroatoms. The van der Waals surface area contributed by atoms with Gasteiger partial charge in [0.25, 0.3) is 10.1 Å². The third-order valence-electron chi connectivity index (χ3n) is 3.13. The van der Waals surface area contributed by atoms with Crippen molar-refractivity contribution in [2.45, 2.75) is 31.8 Å². The van der Waals surface area contributed by atoms with E-state index in [1.807, 2.05) is 38.1 Å². The molecule has 3 nitrogen and oxygen atoms in total. The summed E-state index contributed by atoms with van der Waals surface area (Å²) in [5.74, 6) is 0. The Hall–Kier alpha value is -1.65. The monoisotopic (exact) mass is 290 g/mol. The Kier molecular flexibility index (Phi) is 4.26. The molecule has 0 aliphatic heterocycles. The van der Waals surface area contributed by atoms with Crippen LogP contribution in [-0.4, -0.2) is 8.42 Å². The van der Waals surface area contributed by atoms with E-state index in [0.717, 1.165) is 16.7 Å². The van der Waals surface area contributed by atoms with Crippen LogP contribution in [-0.2, 0) is 14.3 Å². The van der Waals surface area contributed by atoms with Crippen LogP contribution in [0.4, 0.5) is 0 Å². The molecule has 0 heterocycles. The lowest BCUT2D eigenvalue weighted by Gasteiger charge is -2.13. The summed E-state index contributed by atoms with van der Waals surface area (Å²) in [6.07, 6.45) is -0.512. The van der Waals surface area contributed by atoms with E-state index in [1.54, 1.807) is 31.2 Å². The second-order valence-corrected chi connectivity index (χ2v) is 6.49. The standard InChI is InChI=1S/C16H18O3S/c1-12-4-8-15(9-5-12)14(3)19-20(17,18)16-10-6-13(2)7-11-16/h4-11,14H,1-3H3. The Balaban J connectivity index is 2.19. The van der Waals surface area contributed by atoms with E-state index in [4.69, 9.17) is 4.18 Å². The Morgan fingerprint density at radius 2 is 1.30 bits per heavy atom. The van der Waals surface area contributed by atoms with Crippen LogP contribution >= 0.6 is 0 Å². The molecule has 0 saturated heterocycles. The van der Waals surface area contributed by atoms with Crippen molar-refractivity contribution in [2.75, 3.05) is 0 Å². The minimum atomic E-state index is -3.73. The normalized spacial score (nSPS) is 13.2. The first-order valence-electron chi connectivity index (χ1n) is 6.45. The largest absolute Gasteiger partial charge is 0.297 e. The minimum absolute atomic E-state index is 0.182. The second kappa shape index (κ2) is 5.77. The molecule has 106 valence electrons. The first-order valence-corrected chi connectivity index (χ1v) is 7.86. The van der Waals surface area contributed by atoms with Crippen molar-refractivity contribution < 1.29 is 12.6 Å². The Bertz CT molecular complexity index is 671. The molecular weight excluding hydrogens is 272 g/mol. The number of hydrogen-bond acceptors (Lipinski definition) is 3. The van der Waals surface area contributed by atoms with Gasteiger partial charge in [0.2, 0.25) is 0 Å². The van der Waals surface area contributed by atoms with Gasteiger partial charge in [-0.05, 0) is 38.5 Å². The van der Waals surface area contributed by atoms with Gasteiger partial charge >= 0.3 is 0 Å². The molecule has 0 fully saturated rings. The van der Waals surface area contributed by atoms with Gasteiger partial charge in [-0.1, -0.05) is 47.5 Å². The first kappa shape index (κ1) is 14.8. The zero-order valence-corrected chi connectivity index (χ0v) is 12.6. The highest BCUT2D eigenvalue weighted by molar-refractivity contribution is 7.86. The molecule has 0 aromatic heterocycles. The average molecular weight is 290 g/mol. The molecular formula is C16H18O3S. The third kappa shape index (κ3) is 3.46. The lowest BCUT2D eigenvalue weighted by molar-refractivity contribution is 0.234. The quantitative estimate of drug-likeness (QED) is 0.805. The van der Waals surface area contributed by atoms with Crippen molar-refractivity contribution in [3.63, 3.8) is 0 Å². The predicted molar refractivity (Wildman–Crippen MR) is 79.0 cm³/mol. The minimum Gasteiger partial charge on any atom is -0.258 e. The zero-order valence-electron chi connectivity index (χ0n) is 11.8. The molecule has 0 radical (unpaired) electrons. The third-order valence-corrected chi connectivity index (χ3v) is 4.52. The molecule has 2 rings (SSSR count). The summed E-state index contributed by atoms with van der Waals surface area (Å²) in [5.41, 5.74) is 2.98. The Morgan fingerprint density at radius 3 is 1.80 bits per heavy atom. The van der Waals surface area contributed by atoms with E-state index in [9.17, 15) is 8.42 Å². The van der Waals surface area contributed by atoms with Crippen LogP contribution in [0.5, 0.6) is 0 Å². The summed E-state index contributed by atoms with van der Waals surface area (Å²) in [5, 5.41) is 0. The Morgan fingerprint density at radius 1 is 0.850 bits per heavy atom. The fourth-order valence-electron chi connectivity index (χ4n) is 1.84. The van der Waals surface area contributed by atoms with Gasteiger partial charge in [0.1, 0.15) is 0 Å². The number of aryl methyl sites for hydroxylation is 2. The van der Waals surface area contributed by atoms with Crippen LogP contribution in [0.3, 0.4) is 0 Å². The van der Waals surface area contributed by atoms with E-state index in [2.05, 4.69) is 0 Å². The van der Waals surface area contributed by atoms with Crippen LogP contribution in [0.1, 0.15) is 29.7 Å². The van der Waals surface area contributed by atoms with Gasteiger partial charge in [-0.25, -0.2) is 0 Å². The van der Waals surface area contributed by atoms with Crippen LogP contribution in [0, 0.1) is 13.8 Å². The predicted octanol–water partition coefficient (Wildman–Crippen LogP) is 3.77. The van der Waals surface area contributed by atoms with Crippen molar-refractivity contribution in [3.8, 4) is 0 Å². The van der Waals surface area contributed by atoms with Gasteiger partial charge in [-0.3, -0.25) is 4.18 Å². The summed E-state index contributed by atoms with van der Waals surface area (Å²) in [6, 6.07) is 14.3. The maximum absolute atomic E-state index is 12.2. The molecule has 0 amide bonds. The van der Waals surface area contributed by atoms with E-state index in [-0.39, 0.29) is 4.90 Å². The van der Waals surface area contributed by atoms with E-state index in [1.165, 1.54) is 0 Å². The van der Waals surface area contributed by atoms with E-state index >= 15 is 0 Å². The van der Waals surface area contributed by atoms with Gasteiger partial charge in [0, 0.05) is 0 Å². The molecule has 20 heavy (non-hydrogen) atoms. The number of hydrogen-bond donors (Lipinski definition) is 0. The molecule has 0 bridgehead atoms. The van der Waals surface area contributed by atoms with Crippen LogP contribution in [0.15, 0.2) is 53.4 Å². The molecule has 0 aliphatic carbocycles. The van der Waals surface area contributed by atoms with Gasteiger partial charge in [-0.15, -0.1) is 0 Å². The van der Waals surface area contributed by atoms with Crippen molar-refractivity contribution >= 4 is 10.1 Å². The Labute approximate surface area is 120 Å². The second-order valence-electron chi connectivity index (χ2n) is 4.92. The number of rotatable bonds is 4. The van der Waals surface area contributed by atoms with Gasteiger partial charge in [0.15, 0.2) is 0 Å². The summed E-state index contributed by atoms with van der Waals surface area (Å²) in [6.45, 7) is 5.63. The lowest BCUT2D eigenvalue weighted by atomic mass is 10.1. The maximum Gasteiger partial charge on any atom is 0.297 e. The molecule has 0 saturated carbocycles. The highest BCUT2D eigenvalue weighted by atomic mass is 32.2. The summed E-state index contributed by atoms with van der Waals surface area (Å²) < 4.78 is 29.6. The molecule has 0 spiro atoms. The van der Waals surface area contributed by atoms with Gasteiger partial charge in [0.05, 0.1) is 11.0 Å². The van der Waals surface area contributed by atoms with E-state index in [0.29, 0.717) is 0 Å². The van der Waals surface area contributed by atoms with Crippen LogP contribution < -0.4 is 0 Å². The van der Waals surface area contributed by atoms with Crippen molar-refractivity contribution in [3.05, 3.63) is 65.2 Å². The SMILES string of the molecule is Cc1ccc(C(C)OS(=O)(=O)c2ccc(C)cc2)cc1. The maximum atomic E-state index is 12.2. The zero-order chi connectivity index (χ0) is 14.8. The molecule has 1 atom stereocenters. The molecule has 0 N–H and O–H groups in total. The van der Waals surface area contributed by atoms with Crippen molar-refractivity contribution in [1.29, 1.82) is 0 Å². The molecule has 2 aromatic carbocycles. The molecule has 2 aromatic rings. The fraction of sp³-hybridized carbons (Fsp3) is 0.250. The molecule has 1 unspecified atom stereocenters. The highest BCUT2D eigenvalue weighted by Gasteiger charge is 2.19. The van der Waals surface area contributed by atoms with E-state index < -0.39 is 16.2 Å². The summed E-state index contributed by atoms with van der Waals surface area (Å²) >= 11 is 0. The van der Waals surface area contributed by atoms with Crippen molar-refractivity contribution in [1.82, 2.24) is 0 Å². The fourth-order valence-corrected chi connectivity index (χ4v) is 2.92.